The largest absolute Gasteiger partial charge is 0.480 e. The number of nitrogens with one attached hydrogen (secondary N) is 1. The molecule has 18 heavy (non-hydrogen) atoms. The van der Waals surface area contributed by atoms with Crippen molar-refractivity contribution in [3.05, 3.63) is 0 Å². The number of aliphatic carboxylic acids is 1. The topological polar surface area (TPSA) is 69.6 Å². The number of carboxylic acids is 1. The maximum atomic E-state index is 12.6. The van der Waals surface area contributed by atoms with Crippen LogP contribution in [0.3, 0.4) is 0 Å². The molecule has 2 fully saturated rings. The van der Waals surface area contributed by atoms with Crippen molar-refractivity contribution in [1.29, 1.82) is 0 Å². The first-order valence-corrected chi connectivity index (χ1v) is 6.79. The molecule has 0 radical (unpaired) electrons. The van der Waals surface area contributed by atoms with E-state index in [1.165, 1.54) is 0 Å². The lowest BCUT2D eigenvalue weighted by atomic mass is 9.87. The van der Waals surface area contributed by atoms with Gasteiger partial charge in [-0.15, -0.1) is 0 Å². The number of carbonyl (C=O) groups is 2. The molecule has 0 bridgehead atoms. The Morgan fingerprint density at radius 1 is 1.33 bits per heavy atom. The first-order chi connectivity index (χ1) is 8.54. The molecule has 2 aliphatic heterocycles. The van der Waals surface area contributed by atoms with Crippen LogP contribution in [-0.4, -0.2) is 47.6 Å². The molecule has 0 aromatic carbocycles. The molecule has 2 unspecified atom stereocenters. The minimum Gasteiger partial charge on any atom is -0.480 e. The fourth-order valence-electron chi connectivity index (χ4n) is 2.95. The van der Waals surface area contributed by atoms with Crippen LogP contribution in [0.25, 0.3) is 0 Å². The fourth-order valence-corrected chi connectivity index (χ4v) is 2.95. The van der Waals surface area contributed by atoms with E-state index in [4.69, 9.17) is 0 Å². The third-order valence-electron chi connectivity index (χ3n) is 4.18. The van der Waals surface area contributed by atoms with Gasteiger partial charge in [-0.3, -0.25) is 4.79 Å². The zero-order valence-corrected chi connectivity index (χ0v) is 10.9. The number of carbonyl (C=O) groups excluding carboxylic acids is 1. The van der Waals surface area contributed by atoms with Crippen molar-refractivity contribution in [2.75, 3.05) is 19.6 Å². The van der Waals surface area contributed by atoms with Crippen molar-refractivity contribution in [2.24, 2.45) is 5.41 Å². The Labute approximate surface area is 108 Å². The number of amides is 1. The number of carboxylic acid groups (broad SMARTS) is 1. The Morgan fingerprint density at radius 3 is 2.72 bits per heavy atom. The molecule has 0 spiro atoms. The van der Waals surface area contributed by atoms with Crippen LogP contribution in [0.1, 0.15) is 39.0 Å². The molecular weight excluding hydrogens is 232 g/mol. The van der Waals surface area contributed by atoms with Crippen molar-refractivity contribution in [3.63, 3.8) is 0 Å². The number of hydrogen-bond donors (Lipinski definition) is 2. The third kappa shape index (κ3) is 2.51. The van der Waals surface area contributed by atoms with Crippen LogP contribution in [0.5, 0.6) is 0 Å². The number of rotatable bonds is 2. The summed E-state index contributed by atoms with van der Waals surface area (Å²) in [6, 6.07) is -0.627. The highest BCUT2D eigenvalue weighted by molar-refractivity contribution is 5.87. The number of hydrogen-bond acceptors (Lipinski definition) is 3. The summed E-state index contributed by atoms with van der Waals surface area (Å²) in [5.74, 6) is -0.846. The summed E-state index contributed by atoms with van der Waals surface area (Å²) < 4.78 is 0. The molecule has 102 valence electrons. The Balaban J connectivity index is 2.16. The van der Waals surface area contributed by atoms with E-state index < -0.39 is 17.4 Å². The number of nitrogens with zero attached hydrogens (tertiary/aromatic N) is 1. The van der Waals surface area contributed by atoms with Crippen LogP contribution in [-0.2, 0) is 9.59 Å². The van der Waals surface area contributed by atoms with Gasteiger partial charge >= 0.3 is 5.97 Å². The lowest BCUT2D eigenvalue weighted by Crippen LogP contribution is -2.51. The van der Waals surface area contributed by atoms with Gasteiger partial charge in [-0.1, -0.05) is 12.8 Å². The fraction of sp³-hybridized carbons (Fsp3) is 0.846. The van der Waals surface area contributed by atoms with Crippen LogP contribution in [0.15, 0.2) is 0 Å². The van der Waals surface area contributed by atoms with Crippen LogP contribution in [0.2, 0.25) is 0 Å². The Hall–Kier alpha value is -1.10. The van der Waals surface area contributed by atoms with E-state index in [1.54, 1.807) is 4.90 Å². The average Bonchev–Trinajstić information content (AvgIpc) is 2.65. The van der Waals surface area contributed by atoms with Crippen molar-refractivity contribution in [3.8, 4) is 0 Å². The second kappa shape index (κ2) is 5.26. The summed E-state index contributed by atoms with van der Waals surface area (Å²) >= 11 is 0. The SMILES string of the molecule is CC1(C(=O)N2CCCCCC2C(=O)O)CCNC1. The van der Waals surface area contributed by atoms with E-state index >= 15 is 0 Å². The van der Waals surface area contributed by atoms with E-state index in [2.05, 4.69) is 5.32 Å². The minimum absolute atomic E-state index is 0.0156. The van der Waals surface area contributed by atoms with Gasteiger partial charge in [0.25, 0.3) is 0 Å². The maximum Gasteiger partial charge on any atom is 0.326 e. The van der Waals surface area contributed by atoms with Crippen molar-refractivity contribution < 1.29 is 14.7 Å². The zero-order valence-electron chi connectivity index (χ0n) is 10.9. The van der Waals surface area contributed by atoms with Crippen LogP contribution in [0, 0.1) is 5.41 Å². The average molecular weight is 254 g/mol. The molecule has 0 aromatic heterocycles. The molecule has 0 saturated carbocycles. The molecule has 2 N–H and O–H groups in total. The summed E-state index contributed by atoms with van der Waals surface area (Å²) in [6.45, 7) is 4.03. The monoisotopic (exact) mass is 254 g/mol. The van der Waals surface area contributed by atoms with E-state index in [9.17, 15) is 14.7 Å². The Kier molecular flexibility index (Phi) is 3.90. The lowest BCUT2D eigenvalue weighted by molar-refractivity contribution is -0.154. The molecule has 5 heteroatoms. The van der Waals surface area contributed by atoms with Gasteiger partial charge in [-0.25, -0.2) is 4.79 Å². The van der Waals surface area contributed by atoms with Crippen molar-refractivity contribution in [1.82, 2.24) is 10.2 Å². The zero-order chi connectivity index (χ0) is 13.2. The highest BCUT2D eigenvalue weighted by atomic mass is 16.4. The molecule has 0 aliphatic carbocycles. The van der Waals surface area contributed by atoms with Gasteiger partial charge in [-0.2, -0.15) is 0 Å². The second-order valence-corrected chi connectivity index (χ2v) is 5.69. The summed E-state index contributed by atoms with van der Waals surface area (Å²) in [4.78, 5) is 25.6. The standard InChI is InChI=1S/C13H22N2O3/c1-13(6-7-14-9-13)12(18)15-8-4-2-3-5-10(15)11(16)17/h10,14H,2-9H2,1H3,(H,16,17). The molecule has 0 aromatic rings. The van der Waals surface area contributed by atoms with Crippen molar-refractivity contribution >= 4 is 11.9 Å². The van der Waals surface area contributed by atoms with E-state index in [0.717, 1.165) is 32.2 Å². The molecule has 2 rings (SSSR count). The Morgan fingerprint density at radius 2 is 2.11 bits per heavy atom. The lowest BCUT2D eigenvalue weighted by Gasteiger charge is -2.34. The normalized spacial score (nSPS) is 33.2. The van der Waals surface area contributed by atoms with E-state index in [1.807, 2.05) is 6.92 Å². The third-order valence-corrected chi connectivity index (χ3v) is 4.18. The minimum atomic E-state index is -0.861. The maximum absolute atomic E-state index is 12.6. The van der Waals surface area contributed by atoms with Crippen LogP contribution >= 0.6 is 0 Å². The number of likely N-dealkylation sites (tertiary alicyclic amines) is 1. The second-order valence-electron chi connectivity index (χ2n) is 5.69. The molecule has 2 aliphatic rings. The van der Waals surface area contributed by atoms with Crippen molar-refractivity contribution in [2.45, 2.75) is 45.1 Å². The van der Waals surface area contributed by atoms with Gasteiger partial charge in [0.05, 0.1) is 5.41 Å². The predicted octanol–water partition coefficient (Wildman–Crippen LogP) is 0.842. The summed E-state index contributed by atoms with van der Waals surface area (Å²) in [5, 5.41) is 12.5. The molecule has 2 saturated heterocycles. The van der Waals surface area contributed by atoms with Gasteiger partial charge in [0.15, 0.2) is 0 Å². The first kappa shape index (κ1) is 13.3. The summed E-state index contributed by atoms with van der Waals surface area (Å²) in [5.41, 5.74) is -0.419. The molecule has 1 amide bonds. The predicted molar refractivity (Wildman–Crippen MR) is 67.2 cm³/mol. The summed E-state index contributed by atoms with van der Waals surface area (Å²) in [7, 11) is 0. The highest BCUT2D eigenvalue weighted by Gasteiger charge is 2.42. The summed E-state index contributed by atoms with van der Waals surface area (Å²) in [6.07, 6.45) is 4.22. The van der Waals surface area contributed by atoms with Crippen LogP contribution in [0.4, 0.5) is 0 Å². The molecule has 2 heterocycles. The molecule has 5 nitrogen and oxygen atoms in total. The molecular formula is C13H22N2O3. The Bertz CT molecular complexity index is 337. The van der Waals surface area contributed by atoms with Gasteiger partial charge < -0.3 is 15.3 Å². The molecule has 2 atom stereocenters. The highest BCUT2D eigenvalue weighted by Crippen LogP contribution is 2.30. The van der Waals surface area contributed by atoms with Crippen LogP contribution < -0.4 is 5.32 Å². The quantitative estimate of drug-likeness (QED) is 0.766. The first-order valence-electron chi connectivity index (χ1n) is 6.79. The van der Waals surface area contributed by atoms with Gasteiger partial charge in [0, 0.05) is 13.1 Å². The smallest absolute Gasteiger partial charge is 0.326 e. The van der Waals surface area contributed by atoms with E-state index in [0.29, 0.717) is 19.5 Å². The van der Waals surface area contributed by atoms with Gasteiger partial charge in [0.1, 0.15) is 6.04 Å². The van der Waals surface area contributed by atoms with Gasteiger partial charge in [-0.05, 0) is 32.7 Å². The van der Waals surface area contributed by atoms with E-state index in [-0.39, 0.29) is 5.91 Å². The van der Waals surface area contributed by atoms with Gasteiger partial charge in [0.2, 0.25) is 5.91 Å².